The number of amides is 2. The van der Waals surface area contributed by atoms with Crippen LogP contribution in [0, 0.1) is 0 Å². The third-order valence-electron chi connectivity index (χ3n) is 5.57. The van der Waals surface area contributed by atoms with E-state index in [1.165, 1.54) is 0 Å². The van der Waals surface area contributed by atoms with E-state index in [4.69, 9.17) is 11.6 Å². The molecule has 0 heterocycles. The summed E-state index contributed by atoms with van der Waals surface area (Å²) in [5.74, 6) is 0.893. The van der Waals surface area contributed by atoms with Crippen molar-refractivity contribution in [3.8, 4) is 0 Å². The minimum Gasteiger partial charge on any atom is -0.352 e. The van der Waals surface area contributed by atoms with Crippen molar-refractivity contribution in [2.45, 2.75) is 57.0 Å². The van der Waals surface area contributed by atoms with Gasteiger partial charge in [-0.25, -0.2) is 0 Å². The molecule has 2 amide bonds. The van der Waals surface area contributed by atoms with E-state index < -0.39 is 6.04 Å². The smallest absolute Gasteiger partial charge is 0.242 e. The highest BCUT2D eigenvalue weighted by atomic mass is 79.9. The molecule has 1 fully saturated rings. The van der Waals surface area contributed by atoms with Crippen molar-refractivity contribution in [1.82, 2.24) is 10.2 Å². The Morgan fingerprint density at radius 1 is 1.16 bits per heavy atom. The molecule has 1 aliphatic carbocycles. The van der Waals surface area contributed by atoms with E-state index in [-0.39, 0.29) is 17.9 Å². The SMILES string of the molecule is C[C@H](C(=O)NC1CCCC1)N(Cc1ccccc1Cl)C(=O)CSCc1ccc(Br)cc1. The monoisotopic (exact) mass is 522 g/mol. The maximum Gasteiger partial charge on any atom is 0.242 e. The molecule has 0 unspecified atom stereocenters. The molecular weight excluding hydrogens is 496 g/mol. The van der Waals surface area contributed by atoms with Crippen LogP contribution in [0.15, 0.2) is 53.0 Å². The lowest BCUT2D eigenvalue weighted by Gasteiger charge is -2.30. The maximum absolute atomic E-state index is 13.2. The topological polar surface area (TPSA) is 49.4 Å². The molecule has 1 aliphatic rings. The van der Waals surface area contributed by atoms with E-state index in [0.717, 1.165) is 47.0 Å². The van der Waals surface area contributed by atoms with Crippen LogP contribution in [0.4, 0.5) is 0 Å². The maximum atomic E-state index is 13.2. The first-order chi connectivity index (χ1) is 14.9. The number of nitrogens with one attached hydrogen (secondary N) is 1. The second kappa shape index (κ2) is 11.9. The van der Waals surface area contributed by atoms with Gasteiger partial charge in [0.2, 0.25) is 11.8 Å². The van der Waals surface area contributed by atoms with Gasteiger partial charge in [-0.05, 0) is 49.1 Å². The molecule has 1 N–H and O–H groups in total. The number of hydrogen-bond donors (Lipinski definition) is 1. The second-order valence-electron chi connectivity index (χ2n) is 7.90. The van der Waals surface area contributed by atoms with Crippen LogP contribution >= 0.6 is 39.3 Å². The predicted octanol–water partition coefficient (Wildman–Crippen LogP) is 5.81. The van der Waals surface area contributed by atoms with Crippen LogP contribution in [-0.4, -0.2) is 34.6 Å². The fourth-order valence-corrected chi connectivity index (χ4v) is 5.03. The molecule has 1 saturated carbocycles. The van der Waals surface area contributed by atoms with Gasteiger partial charge in [-0.3, -0.25) is 9.59 Å². The molecule has 2 aromatic rings. The van der Waals surface area contributed by atoms with E-state index in [9.17, 15) is 9.59 Å². The number of thioether (sulfide) groups is 1. The van der Waals surface area contributed by atoms with E-state index in [0.29, 0.717) is 17.3 Å². The zero-order valence-electron chi connectivity index (χ0n) is 17.7. The quantitative estimate of drug-likeness (QED) is 0.451. The first-order valence-corrected chi connectivity index (χ1v) is 12.9. The van der Waals surface area contributed by atoms with Gasteiger partial charge in [0.25, 0.3) is 0 Å². The van der Waals surface area contributed by atoms with Crippen LogP contribution in [0.2, 0.25) is 5.02 Å². The molecule has 0 radical (unpaired) electrons. The molecule has 7 heteroatoms. The van der Waals surface area contributed by atoms with Crippen molar-refractivity contribution < 1.29 is 9.59 Å². The molecular formula is C24H28BrClN2O2S. The summed E-state index contributed by atoms with van der Waals surface area (Å²) in [5, 5.41) is 3.73. The van der Waals surface area contributed by atoms with Crippen LogP contribution in [-0.2, 0) is 21.9 Å². The zero-order chi connectivity index (χ0) is 22.2. The second-order valence-corrected chi connectivity index (χ2v) is 10.2. The molecule has 31 heavy (non-hydrogen) atoms. The van der Waals surface area contributed by atoms with Gasteiger partial charge in [-0.1, -0.05) is 70.7 Å². The van der Waals surface area contributed by atoms with Gasteiger partial charge < -0.3 is 10.2 Å². The Morgan fingerprint density at radius 2 is 1.84 bits per heavy atom. The van der Waals surface area contributed by atoms with E-state index in [2.05, 4.69) is 21.2 Å². The molecule has 0 bridgehead atoms. The highest BCUT2D eigenvalue weighted by molar-refractivity contribution is 9.10. The molecule has 4 nitrogen and oxygen atoms in total. The summed E-state index contributed by atoms with van der Waals surface area (Å²) in [7, 11) is 0. The van der Waals surface area contributed by atoms with E-state index in [1.54, 1.807) is 23.6 Å². The van der Waals surface area contributed by atoms with Crippen molar-refractivity contribution in [3.63, 3.8) is 0 Å². The fraction of sp³-hybridized carbons (Fsp3) is 0.417. The number of carbonyl (C=O) groups is 2. The molecule has 166 valence electrons. The Hall–Kier alpha value is -1.50. The lowest BCUT2D eigenvalue weighted by Crippen LogP contribution is -2.50. The van der Waals surface area contributed by atoms with Gasteiger partial charge in [0.15, 0.2) is 0 Å². The molecule has 1 atom stereocenters. The van der Waals surface area contributed by atoms with Gasteiger partial charge in [-0.2, -0.15) is 0 Å². The Kier molecular flexibility index (Phi) is 9.30. The summed E-state index contributed by atoms with van der Waals surface area (Å²) in [6.07, 6.45) is 4.32. The van der Waals surface area contributed by atoms with Crippen molar-refractivity contribution in [1.29, 1.82) is 0 Å². The summed E-state index contributed by atoms with van der Waals surface area (Å²) in [6, 6.07) is 15.2. The van der Waals surface area contributed by atoms with Gasteiger partial charge in [0, 0.05) is 27.8 Å². The van der Waals surface area contributed by atoms with Crippen molar-refractivity contribution >= 4 is 51.1 Å². The number of carbonyl (C=O) groups excluding carboxylic acids is 2. The minimum absolute atomic E-state index is 0.0592. The van der Waals surface area contributed by atoms with Crippen LogP contribution in [0.3, 0.4) is 0 Å². The molecule has 0 aromatic heterocycles. The summed E-state index contributed by atoms with van der Waals surface area (Å²) in [5.41, 5.74) is 2.00. The highest BCUT2D eigenvalue weighted by Crippen LogP contribution is 2.22. The number of nitrogens with zero attached hydrogens (tertiary/aromatic N) is 1. The zero-order valence-corrected chi connectivity index (χ0v) is 20.8. The molecule has 0 saturated heterocycles. The first-order valence-electron chi connectivity index (χ1n) is 10.6. The molecule has 3 rings (SSSR count). The third-order valence-corrected chi connectivity index (χ3v) is 7.46. The lowest BCUT2D eigenvalue weighted by atomic mass is 10.1. The van der Waals surface area contributed by atoms with E-state index >= 15 is 0 Å². The third kappa shape index (κ3) is 7.26. The summed E-state index contributed by atoms with van der Waals surface area (Å²) in [4.78, 5) is 27.7. The molecule has 0 aliphatic heterocycles. The highest BCUT2D eigenvalue weighted by Gasteiger charge is 2.28. The van der Waals surface area contributed by atoms with Crippen LogP contribution < -0.4 is 5.32 Å². The Morgan fingerprint density at radius 3 is 2.52 bits per heavy atom. The van der Waals surface area contributed by atoms with Gasteiger partial charge in [-0.15, -0.1) is 11.8 Å². The fourth-order valence-electron chi connectivity index (χ4n) is 3.70. The van der Waals surface area contributed by atoms with Crippen LogP contribution in [0.25, 0.3) is 0 Å². The Balaban J connectivity index is 1.66. The number of halogens is 2. The first kappa shape index (κ1) is 24.1. The minimum atomic E-state index is -0.558. The summed E-state index contributed by atoms with van der Waals surface area (Å²) < 4.78 is 1.03. The molecule has 2 aromatic carbocycles. The summed E-state index contributed by atoms with van der Waals surface area (Å²) >= 11 is 11.3. The van der Waals surface area contributed by atoms with Crippen molar-refractivity contribution in [3.05, 3.63) is 69.2 Å². The van der Waals surface area contributed by atoms with Gasteiger partial charge >= 0.3 is 0 Å². The van der Waals surface area contributed by atoms with Crippen LogP contribution in [0.1, 0.15) is 43.7 Å². The van der Waals surface area contributed by atoms with E-state index in [1.807, 2.05) is 48.5 Å². The van der Waals surface area contributed by atoms with Gasteiger partial charge in [0.1, 0.15) is 6.04 Å². The largest absolute Gasteiger partial charge is 0.352 e. The number of benzene rings is 2. The van der Waals surface area contributed by atoms with Crippen molar-refractivity contribution in [2.75, 3.05) is 5.75 Å². The normalized spacial score (nSPS) is 14.9. The summed E-state index contributed by atoms with van der Waals surface area (Å²) in [6.45, 7) is 2.12. The average Bonchev–Trinajstić information content (AvgIpc) is 3.27. The van der Waals surface area contributed by atoms with Gasteiger partial charge in [0.05, 0.1) is 5.75 Å². The Bertz CT molecular complexity index is 887. The van der Waals surface area contributed by atoms with Crippen LogP contribution in [0.5, 0.6) is 0 Å². The lowest BCUT2D eigenvalue weighted by molar-refractivity contribution is -0.138. The standard InChI is InChI=1S/C24H28BrClN2O2S/c1-17(24(30)27-21-7-3-4-8-21)28(14-19-6-2-5-9-22(19)26)23(29)16-31-15-18-10-12-20(25)13-11-18/h2,5-6,9-13,17,21H,3-4,7-8,14-16H2,1H3,(H,27,30)/t17-/m1/s1. The Labute approximate surface area is 202 Å². The number of hydrogen-bond acceptors (Lipinski definition) is 3. The molecule has 0 spiro atoms. The average molecular weight is 524 g/mol. The predicted molar refractivity (Wildman–Crippen MR) is 132 cm³/mol. The van der Waals surface area contributed by atoms with Crippen molar-refractivity contribution in [2.24, 2.45) is 0 Å². The number of rotatable bonds is 9.